The zero-order chi connectivity index (χ0) is 30.3. The fourth-order valence-electron chi connectivity index (χ4n) is 4.35. The maximum Gasteiger partial charge on any atom is 0.264 e. The SMILES string of the molecule is CC.COc1ccc(S(=O)(=O)N(C2=CC=C(Cl)C=C(Cc3c(F)cccc3F)C2)C(C)c2nnnn2C)cc1OC. The second kappa shape index (κ2) is 13.7. The second-order valence-electron chi connectivity index (χ2n) is 8.72. The highest BCUT2D eigenvalue weighted by Crippen LogP contribution is 2.38. The zero-order valence-electron chi connectivity index (χ0n) is 23.6. The summed E-state index contributed by atoms with van der Waals surface area (Å²) in [6, 6.07) is 6.98. The van der Waals surface area contributed by atoms with Gasteiger partial charge in [0.15, 0.2) is 17.3 Å². The fourth-order valence-corrected chi connectivity index (χ4v) is 6.24. The Labute approximate surface area is 243 Å². The molecule has 0 amide bonds. The predicted molar refractivity (Wildman–Crippen MR) is 152 cm³/mol. The summed E-state index contributed by atoms with van der Waals surface area (Å²) >= 11 is 6.36. The molecule has 220 valence electrons. The van der Waals surface area contributed by atoms with Crippen molar-refractivity contribution in [3.05, 3.63) is 94.0 Å². The van der Waals surface area contributed by atoms with E-state index >= 15 is 0 Å². The van der Waals surface area contributed by atoms with Crippen LogP contribution in [0.1, 0.15) is 44.6 Å². The van der Waals surface area contributed by atoms with E-state index in [0.717, 1.165) is 0 Å². The number of halogens is 3. The molecule has 41 heavy (non-hydrogen) atoms. The van der Waals surface area contributed by atoms with Crippen LogP contribution < -0.4 is 9.47 Å². The van der Waals surface area contributed by atoms with Crippen molar-refractivity contribution in [2.24, 2.45) is 7.05 Å². The van der Waals surface area contributed by atoms with Gasteiger partial charge in [-0.2, -0.15) is 0 Å². The third-order valence-corrected chi connectivity index (χ3v) is 8.38. The summed E-state index contributed by atoms with van der Waals surface area (Å²) in [5.74, 6) is -0.572. The molecule has 0 N–H and O–H groups in total. The van der Waals surface area contributed by atoms with Crippen LogP contribution in [0.3, 0.4) is 0 Å². The Morgan fingerprint density at radius 2 is 1.73 bits per heavy atom. The molecule has 1 atom stereocenters. The lowest BCUT2D eigenvalue weighted by atomic mass is 10.00. The van der Waals surface area contributed by atoms with E-state index in [9.17, 15) is 17.2 Å². The molecule has 13 heteroatoms. The average Bonchev–Trinajstić information content (AvgIpc) is 3.31. The van der Waals surface area contributed by atoms with Gasteiger partial charge in [-0.3, -0.25) is 4.31 Å². The maximum absolute atomic E-state index is 14.5. The molecular weight excluding hydrogens is 576 g/mol. The van der Waals surface area contributed by atoms with E-state index in [1.165, 1.54) is 65.7 Å². The molecule has 1 unspecified atom stereocenters. The molecule has 4 rings (SSSR count). The van der Waals surface area contributed by atoms with Crippen LogP contribution in [0.5, 0.6) is 11.5 Å². The van der Waals surface area contributed by atoms with Crippen molar-refractivity contribution >= 4 is 21.6 Å². The van der Waals surface area contributed by atoms with E-state index in [0.29, 0.717) is 17.0 Å². The third kappa shape index (κ3) is 6.94. The van der Waals surface area contributed by atoms with Gasteiger partial charge in [-0.05, 0) is 66.3 Å². The minimum absolute atomic E-state index is 0.0165. The Hall–Kier alpha value is -3.77. The molecule has 1 heterocycles. The van der Waals surface area contributed by atoms with E-state index in [1.54, 1.807) is 26.1 Å². The maximum atomic E-state index is 14.5. The molecule has 2 aromatic carbocycles. The summed E-state index contributed by atoms with van der Waals surface area (Å²) in [5.41, 5.74) is 0.646. The molecule has 0 bridgehead atoms. The number of aromatic nitrogens is 4. The van der Waals surface area contributed by atoms with Crippen molar-refractivity contribution in [3.63, 3.8) is 0 Å². The first-order chi connectivity index (χ1) is 19.6. The van der Waals surface area contributed by atoms with Gasteiger partial charge in [0, 0.05) is 35.8 Å². The zero-order valence-corrected chi connectivity index (χ0v) is 25.2. The molecule has 0 spiro atoms. The molecule has 0 saturated carbocycles. The summed E-state index contributed by atoms with van der Waals surface area (Å²) in [7, 11) is 0.168. The summed E-state index contributed by atoms with van der Waals surface area (Å²) in [6.45, 7) is 5.64. The normalized spacial score (nSPS) is 14.0. The lowest BCUT2D eigenvalue weighted by molar-refractivity contribution is 0.352. The Balaban J connectivity index is 0.00000226. The number of allylic oxidation sites excluding steroid dienone is 5. The largest absolute Gasteiger partial charge is 0.493 e. The third-order valence-electron chi connectivity index (χ3n) is 6.22. The first kappa shape index (κ1) is 31.8. The molecule has 3 aromatic rings. The van der Waals surface area contributed by atoms with Crippen LogP contribution in [0, 0.1) is 11.6 Å². The summed E-state index contributed by atoms with van der Waals surface area (Å²) in [4.78, 5) is -0.0759. The van der Waals surface area contributed by atoms with Crippen LogP contribution in [0.4, 0.5) is 8.78 Å². The Kier molecular flexibility index (Phi) is 10.6. The van der Waals surface area contributed by atoms with Gasteiger partial charge in [0.1, 0.15) is 17.7 Å². The van der Waals surface area contributed by atoms with Crippen LogP contribution >= 0.6 is 11.6 Å². The molecule has 1 aliphatic carbocycles. The fraction of sp³-hybridized carbons (Fsp3) is 0.321. The molecule has 1 aliphatic rings. The molecule has 0 fully saturated rings. The predicted octanol–water partition coefficient (Wildman–Crippen LogP) is 5.86. The number of tetrazole rings is 1. The van der Waals surface area contributed by atoms with Crippen molar-refractivity contribution in [1.29, 1.82) is 0 Å². The van der Waals surface area contributed by atoms with Gasteiger partial charge in [0.05, 0.1) is 19.1 Å². The highest BCUT2D eigenvalue weighted by atomic mass is 35.5. The van der Waals surface area contributed by atoms with E-state index in [1.807, 2.05) is 13.8 Å². The van der Waals surface area contributed by atoms with Crippen molar-refractivity contribution in [2.75, 3.05) is 14.2 Å². The minimum Gasteiger partial charge on any atom is -0.493 e. The first-order valence-corrected chi connectivity index (χ1v) is 14.6. The number of benzene rings is 2. The molecular formula is C28H32ClF2N5O4S. The molecule has 0 aliphatic heterocycles. The number of sulfonamides is 1. The van der Waals surface area contributed by atoms with Gasteiger partial charge in [-0.25, -0.2) is 21.9 Å². The quantitative estimate of drug-likeness (QED) is 0.300. The average molecular weight is 608 g/mol. The van der Waals surface area contributed by atoms with E-state index in [-0.39, 0.29) is 39.9 Å². The molecule has 9 nitrogen and oxygen atoms in total. The van der Waals surface area contributed by atoms with Gasteiger partial charge in [-0.1, -0.05) is 37.1 Å². The van der Waals surface area contributed by atoms with Crippen LogP contribution in [-0.4, -0.2) is 47.1 Å². The highest BCUT2D eigenvalue weighted by molar-refractivity contribution is 7.89. The highest BCUT2D eigenvalue weighted by Gasteiger charge is 2.35. The Bertz CT molecular complexity index is 1570. The molecule has 0 radical (unpaired) electrons. The van der Waals surface area contributed by atoms with Crippen molar-refractivity contribution < 1.29 is 26.7 Å². The van der Waals surface area contributed by atoms with Crippen molar-refractivity contribution in [1.82, 2.24) is 24.5 Å². The van der Waals surface area contributed by atoms with Gasteiger partial charge < -0.3 is 9.47 Å². The number of hydrogen-bond acceptors (Lipinski definition) is 7. The van der Waals surface area contributed by atoms with Gasteiger partial charge in [-0.15, -0.1) is 5.10 Å². The van der Waals surface area contributed by atoms with Crippen molar-refractivity contribution in [3.8, 4) is 11.5 Å². The first-order valence-electron chi connectivity index (χ1n) is 12.7. The summed E-state index contributed by atoms with van der Waals surface area (Å²) in [6.07, 6.45) is 4.56. The van der Waals surface area contributed by atoms with E-state index in [4.69, 9.17) is 21.1 Å². The van der Waals surface area contributed by atoms with E-state index < -0.39 is 27.7 Å². The second-order valence-corrected chi connectivity index (χ2v) is 11.0. The van der Waals surface area contributed by atoms with Crippen molar-refractivity contribution in [2.45, 2.75) is 44.6 Å². The van der Waals surface area contributed by atoms with Gasteiger partial charge >= 0.3 is 0 Å². The molecule has 0 saturated heterocycles. The Morgan fingerprint density at radius 3 is 2.32 bits per heavy atom. The summed E-state index contributed by atoms with van der Waals surface area (Å²) < 4.78 is 70.5. The lowest BCUT2D eigenvalue weighted by Crippen LogP contribution is -2.34. The number of aryl methyl sites for hydroxylation is 1. The van der Waals surface area contributed by atoms with Crippen LogP contribution in [0.2, 0.25) is 0 Å². The van der Waals surface area contributed by atoms with Crippen LogP contribution in [-0.2, 0) is 23.5 Å². The molecule has 1 aromatic heterocycles. The monoisotopic (exact) mass is 607 g/mol. The number of methoxy groups -OCH3 is 2. The lowest BCUT2D eigenvalue weighted by Gasteiger charge is -2.32. The van der Waals surface area contributed by atoms with E-state index in [2.05, 4.69) is 15.5 Å². The van der Waals surface area contributed by atoms with Crippen LogP contribution in [0.15, 0.2) is 75.8 Å². The number of ether oxygens (including phenoxy) is 2. The topological polar surface area (TPSA) is 99.4 Å². The smallest absolute Gasteiger partial charge is 0.264 e. The van der Waals surface area contributed by atoms with Gasteiger partial charge in [0.2, 0.25) is 0 Å². The number of hydrogen-bond donors (Lipinski definition) is 0. The van der Waals surface area contributed by atoms with Crippen LogP contribution in [0.25, 0.3) is 0 Å². The Morgan fingerprint density at radius 1 is 1.07 bits per heavy atom. The number of rotatable bonds is 9. The standard InChI is InChI=1S/C26H26ClF2N5O4S.C2H6/c1-16(26-30-31-32-33(26)2)34(39(35,36)20-10-11-24(37-3)25(15-20)38-4)19-9-8-18(27)12-17(13-19)14-21-22(28)6-5-7-23(21)29;1-2/h5-12,15-16H,13-14H2,1-4H3;1-2H3. The summed E-state index contributed by atoms with van der Waals surface area (Å²) in [5, 5.41) is 11.8. The number of nitrogens with zero attached hydrogens (tertiary/aromatic N) is 5. The minimum atomic E-state index is -4.27. The van der Waals surface area contributed by atoms with Gasteiger partial charge in [0.25, 0.3) is 10.0 Å².